The maximum atomic E-state index is 11.1. The Morgan fingerprint density at radius 1 is 1.22 bits per heavy atom. The molecule has 0 spiro atoms. The number of furan rings is 1. The Balaban J connectivity index is 1.30. The minimum Gasteiger partial charge on any atom is -0.466 e. The molecule has 0 aromatic carbocycles. The molecule has 0 saturated carbocycles. The normalized spacial score (nSPS) is 18.8. The van der Waals surface area contributed by atoms with Crippen LogP contribution in [0.1, 0.15) is 43.6 Å². The molecule has 4 heterocycles. The Morgan fingerprint density at radius 2 is 2.04 bits per heavy atom. The van der Waals surface area contributed by atoms with E-state index in [2.05, 4.69) is 39.7 Å². The molecule has 0 amide bonds. The van der Waals surface area contributed by atoms with Gasteiger partial charge in [-0.3, -0.25) is 4.98 Å². The number of aryl methyl sites for hydroxylation is 1. The molecule has 0 radical (unpaired) electrons. The lowest BCUT2D eigenvalue weighted by Crippen LogP contribution is -2.47. The van der Waals surface area contributed by atoms with Crippen LogP contribution in [0.4, 0.5) is 0 Å². The van der Waals surface area contributed by atoms with Crippen LogP contribution in [0.15, 0.2) is 47.3 Å². The second-order valence-corrected chi connectivity index (χ2v) is 8.08. The van der Waals surface area contributed by atoms with Crippen molar-refractivity contribution in [2.75, 3.05) is 19.6 Å². The number of aromatic nitrogens is 2. The van der Waals surface area contributed by atoms with Crippen LogP contribution in [0.3, 0.4) is 0 Å². The number of fused-ring (bicyclic) bond motifs is 1. The maximum Gasteiger partial charge on any atom is 0.107 e. The summed E-state index contributed by atoms with van der Waals surface area (Å²) in [7, 11) is 0. The first-order chi connectivity index (χ1) is 13.0. The molecule has 1 unspecified atom stereocenters. The first-order valence-corrected chi connectivity index (χ1v) is 9.92. The smallest absolute Gasteiger partial charge is 0.107 e. The van der Waals surface area contributed by atoms with Crippen LogP contribution in [0.2, 0.25) is 0 Å². The van der Waals surface area contributed by atoms with Crippen molar-refractivity contribution in [3.05, 3.63) is 54.4 Å². The van der Waals surface area contributed by atoms with Gasteiger partial charge in [-0.2, -0.15) is 0 Å². The first-order valence-electron chi connectivity index (χ1n) is 9.92. The fraction of sp³-hybridized carbons (Fsp3) is 0.500. The molecule has 5 nitrogen and oxygen atoms in total. The molecule has 0 aliphatic carbocycles. The summed E-state index contributed by atoms with van der Waals surface area (Å²) in [6.07, 6.45) is 8.45. The van der Waals surface area contributed by atoms with E-state index in [1.54, 1.807) is 0 Å². The standard InChI is InChI=1S/C22H29N3O2/c1-17(21-4-3-18(2)27-21)6-11-24-13-8-22(26,9-14-24)16-25-12-7-19-5-10-23-15-20(19)25/h3-5,7,10,12,15,17,26H,6,8-9,11,13-14,16H2,1-2H3. The average Bonchev–Trinajstić information content (AvgIpc) is 3.28. The highest BCUT2D eigenvalue weighted by Crippen LogP contribution is 2.28. The highest BCUT2D eigenvalue weighted by molar-refractivity contribution is 5.78. The topological polar surface area (TPSA) is 54.4 Å². The van der Waals surface area contributed by atoms with Crippen molar-refractivity contribution < 1.29 is 9.52 Å². The van der Waals surface area contributed by atoms with Crippen LogP contribution in [-0.2, 0) is 6.54 Å². The number of pyridine rings is 1. The minimum absolute atomic E-state index is 0.429. The van der Waals surface area contributed by atoms with E-state index in [1.165, 1.54) is 5.39 Å². The number of likely N-dealkylation sites (tertiary alicyclic amines) is 1. The van der Waals surface area contributed by atoms with Gasteiger partial charge in [0, 0.05) is 36.8 Å². The fourth-order valence-corrected chi connectivity index (χ4v) is 4.07. The Morgan fingerprint density at radius 3 is 2.78 bits per heavy atom. The van der Waals surface area contributed by atoms with E-state index in [0.29, 0.717) is 12.5 Å². The van der Waals surface area contributed by atoms with Crippen LogP contribution in [0.5, 0.6) is 0 Å². The zero-order chi connectivity index (χ0) is 18.9. The number of hydrogen-bond donors (Lipinski definition) is 1. The van der Waals surface area contributed by atoms with Crippen LogP contribution < -0.4 is 0 Å². The third kappa shape index (κ3) is 4.09. The molecule has 1 aliphatic heterocycles. The lowest BCUT2D eigenvalue weighted by Gasteiger charge is -2.38. The number of rotatable bonds is 6. The molecule has 3 aromatic heterocycles. The molecule has 1 N–H and O–H groups in total. The van der Waals surface area contributed by atoms with Gasteiger partial charge < -0.3 is 19.0 Å². The maximum absolute atomic E-state index is 11.1. The van der Waals surface area contributed by atoms with Crippen molar-refractivity contribution in [3.63, 3.8) is 0 Å². The Labute approximate surface area is 160 Å². The Bertz CT molecular complexity index is 890. The van der Waals surface area contributed by atoms with E-state index in [1.807, 2.05) is 31.5 Å². The predicted octanol–water partition coefficient (Wildman–Crippen LogP) is 3.96. The fourth-order valence-electron chi connectivity index (χ4n) is 4.07. The van der Waals surface area contributed by atoms with E-state index < -0.39 is 5.60 Å². The highest BCUT2D eigenvalue weighted by atomic mass is 16.3. The second-order valence-electron chi connectivity index (χ2n) is 8.08. The molecule has 3 aromatic rings. The molecular weight excluding hydrogens is 338 g/mol. The predicted molar refractivity (Wildman–Crippen MR) is 107 cm³/mol. The summed E-state index contributed by atoms with van der Waals surface area (Å²) in [5.74, 6) is 2.49. The summed E-state index contributed by atoms with van der Waals surface area (Å²) in [5.41, 5.74) is 0.457. The van der Waals surface area contributed by atoms with Gasteiger partial charge in [-0.25, -0.2) is 0 Å². The largest absolute Gasteiger partial charge is 0.466 e. The zero-order valence-corrected chi connectivity index (χ0v) is 16.3. The van der Waals surface area contributed by atoms with Crippen molar-refractivity contribution in [3.8, 4) is 0 Å². The van der Waals surface area contributed by atoms with Crippen molar-refractivity contribution in [2.24, 2.45) is 0 Å². The Hall–Kier alpha value is -2.11. The molecule has 144 valence electrons. The van der Waals surface area contributed by atoms with Crippen LogP contribution in [-0.4, -0.2) is 44.8 Å². The van der Waals surface area contributed by atoms with E-state index in [-0.39, 0.29) is 0 Å². The number of hydrogen-bond acceptors (Lipinski definition) is 4. The third-order valence-corrected chi connectivity index (χ3v) is 5.95. The van der Waals surface area contributed by atoms with Crippen molar-refractivity contribution in [1.82, 2.24) is 14.5 Å². The van der Waals surface area contributed by atoms with E-state index in [9.17, 15) is 5.11 Å². The molecule has 27 heavy (non-hydrogen) atoms. The quantitative estimate of drug-likeness (QED) is 0.716. The van der Waals surface area contributed by atoms with Gasteiger partial charge in [-0.05, 0) is 57.0 Å². The summed E-state index contributed by atoms with van der Waals surface area (Å²) in [6.45, 7) is 7.79. The number of piperidine rings is 1. The molecule has 5 heteroatoms. The van der Waals surface area contributed by atoms with Crippen LogP contribution >= 0.6 is 0 Å². The SMILES string of the molecule is Cc1ccc(C(C)CCN2CCC(O)(Cn3ccc4ccncc43)CC2)o1. The minimum atomic E-state index is -0.637. The molecule has 1 aliphatic rings. The molecule has 0 bridgehead atoms. The first kappa shape index (κ1) is 18.3. The van der Waals surface area contributed by atoms with Gasteiger partial charge in [0.25, 0.3) is 0 Å². The van der Waals surface area contributed by atoms with Crippen molar-refractivity contribution in [1.29, 1.82) is 0 Å². The van der Waals surface area contributed by atoms with E-state index >= 15 is 0 Å². The Kier molecular flexibility index (Phi) is 5.06. The average molecular weight is 367 g/mol. The van der Waals surface area contributed by atoms with Crippen LogP contribution in [0, 0.1) is 6.92 Å². The van der Waals surface area contributed by atoms with Crippen molar-refractivity contribution >= 4 is 10.9 Å². The summed E-state index contributed by atoms with van der Waals surface area (Å²) in [5, 5.41) is 12.3. The van der Waals surface area contributed by atoms with Gasteiger partial charge in [-0.15, -0.1) is 0 Å². The summed E-state index contributed by atoms with van der Waals surface area (Å²) in [4.78, 5) is 6.69. The second kappa shape index (κ2) is 7.49. The third-order valence-electron chi connectivity index (χ3n) is 5.95. The molecule has 4 rings (SSSR count). The van der Waals surface area contributed by atoms with Gasteiger partial charge in [0.2, 0.25) is 0 Å². The zero-order valence-electron chi connectivity index (χ0n) is 16.3. The van der Waals surface area contributed by atoms with Gasteiger partial charge in [-0.1, -0.05) is 6.92 Å². The summed E-state index contributed by atoms with van der Waals surface area (Å²) in [6, 6.07) is 8.23. The summed E-state index contributed by atoms with van der Waals surface area (Å²) < 4.78 is 7.88. The van der Waals surface area contributed by atoms with Gasteiger partial charge in [0.15, 0.2) is 0 Å². The number of nitrogens with zero attached hydrogens (tertiary/aromatic N) is 3. The molecule has 1 fully saturated rings. The number of aliphatic hydroxyl groups is 1. The molecular formula is C22H29N3O2. The lowest BCUT2D eigenvalue weighted by atomic mass is 9.90. The molecule has 1 saturated heterocycles. The lowest BCUT2D eigenvalue weighted by molar-refractivity contribution is -0.0336. The monoisotopic (exact) mass is 367 g/mol. The van der Waals surface area contributed by atoms with Crippen LogP contribution in [0.25, 0.3) is 10.9 Å². The highest BCUT2D eigenvalue weighted by Gasteiger charge is 2.33. The van der Waals surface area contributed by atoms with E-state index in [4.69, 9.17) is 4.42 Å². The molecule has 1 atom stereocenters. The van der Waals surface area contributed by atoms with Gasteiger partial charge in [0.1, 0.15) is 11.5 Å². The summed E-state index contributed by atoms with van der Waals surface area (Å²) >= 11 is 0. The van der Waals surface area contributed by atoms with Gasteiger partial charge in [0.05, 0.1) is 23.9 Å². The van der Waals surface area contributed by atoms with E-state index in [0.717, 1.165) is 55.9 Å². The van der Waals surface area contributed by atoms with Gasteiger partial charge >= 0.3 is 0 Å². The van der Waals surface area contributed by atoms with Crippen molar-refractivity contribution in [2.45, 2.75) is 51.2 Å².